The molecule has 0 bridgehead atoms. The maximum Gasteiger partial charge on any atom is 0.221 e. The maximum absolute atomic E-state index is 10.8. The molecule has 1 aromatic rings. The van der Waals surface area contributed by atoms with Crippen LogP contribution in [0.4, 0.5) is 5.69 Å². The van der Waals surface area contributed by atoms with E-state index in [1.54, 1.807) is 36.4 Å². The number of benzene rings is 1. The van der Waals surface area contributed by atoms with Gasteiger partial charge in [0.25, 0.3) is 0 Å². The average Bonchev–Trinajstić information content (AvgIpc) is 2.40. The standard InChI is InChI=1S/C13H11N5O/c1-9(19)18-11-4-2-10(3-5-11)8-17-13(7-15)12(16)6-14/h2-5,8H,16H2,1H3,(H,18,19)/b13-12-,17-8?. The Hall–Kier alpha value is -3.12. The number of nitrogens with two attached hydrogens (primary N) is 1. The van der Waals surface area contributed by atoms with Gasteiger partial charge in [0.2, 0.25) is 5.91 Å². The molecule has 0 heterocycles. The summed E-state index contributed by atoms with van der Waals surface area (Å²) in [7, 11) is 0. The summed E-state index contributed by atoms with van der Waals surface area (Å²) in [6, 6.07) is 10.2. The molecular formula is C13H11N5O. The van der Waals surface area contributed by atoms with Crippen molar-refractivity contribution in [2.24, 2.45) is 10.7 Å². The van der Waals surface area contributed by atoms with E-state index in [-0.39, 0.29) is 17.3 Å². The molecule has 0 radical (unpaired) electrons. The van der Waals surface area contributed by atoms with Gasteiger partial charge in [-0.2, -0.15) is 10.5 Å². The largest absolute Gasteiger partial charge is 0.388 e. The zero-order chi connectivity index (χ0) is 14.3. The van der Waals surface area contributed by atoms with Crippen molar-refractivity contribution < 1.29 is 4.79 Å². The number of aliphatic imine (C=N–C) groups is 1. The van der Waals surface area contributed by atoms with Gasteiger partial charge in [-0.25, -0.2) is 4.99 Å². The first-order valence-electron chi connectivity index (χ1n) is 5.28. The first-order chi connectivity index (χ1) is 9.06. The van der Waals surface area contributed by atoms with E-state index in [4.69, 9.17) is 16.3 Å². The normalized spacial score (nSPS) is 11.3. The molecule has 6 heteroatoms. The molecule has 0 aliphatic rings. The highest BCUT2D eigenvalue weighted by atomic mass is 16.1. The summed E-state index contributed by atoms with van der Waals surface area (Å²) in [6.45, 7) is 1.42. The molecule has 0 saturated carbocycles. The monoisotopic (exact) mass is 253 g/mol. The van der Waals surface area contributed by atoms with E-state index in [0.717, 1.165) is 0 Å². The molecule has 0 unspecified atom stereocenters. The molecule has 0 fully saturated rings. The van der Waals surface area contributed by atoms with Crippen molar-refractivity contribution >= 4 is 17.8 Å². The molecule has 1 amide bonds. The van der Waals surface area contributed by atoms with Crippen LogP contribution in [0.2, 0.25) is 0 Å². The number of hydrogen-bond donors (Lipinski definition) is 2. The lowest BCUT2D eigenvalue weighted by molar-refractivity contribution is -0.114. The second-order valence-corrected chi connectivity index (χ2v) is 3.55. The Morgan fingerprint density at radius 1 is 1.32 bits per heavy atom. The summed E-state index contributed by atoms with van der Waals surface area (Å²) in [5.74, 6) is -0.155. The van der Waals surface area contributed by atoms with Crippen molar-refractivity contribution in [3.63, 3.8) is 0 Å². The van der Waals surface area contributed by atoms with E-state index < -0.39 is 0 Å². The predicted molar refractivity (Wildman–Crippen MR) is 70.8 cm³/mol. The Labute approximate surface area is 110 Å². The van der Waals surface area contributed by atoms with E-state index >= 15 is 0 Å². The van der Waals surface area contributed by atoms with Crippen LogP contribution >= 0.6 is 0 Å². The van der Waals surface area contributed by atoms with Crippen molar-refractivity contribution in [1.29, 1.82) is 10.5 Å². The summed E-state index contributed by atoms with van der Waals surface area (Å²) in [5, 5.41) is 19.9. The van der Waals surface area contributed by atoms with Gasteiger partial charge in [-0.05, 0) is 17.7 Å². The summed E-state index contributed by atoms with van der Waals surface area (Å²) >= 11 is 0. The van der Waals surface area contributed by atoms with Crippen molar-refractivity contribution in [1.82, 2.24) is 0 Å². The van der Waals surface area contributed by atoms with Crippen LogP contribution in [0.5, 0.6) is 0 Å². The van der Waals surface area contributed by atoms with Crippen molar-refractivity contribution in [3.05, 3.63) is 41.2 Å². The van der Waals surface area contributed by atoms with Crippen LogP contribution in [-0.2, 0) is 4.79 Å². The number of amides is 1. The quantitative estimate of drug-likeness (QED) is 0.623. The molecule has 6 nitrogen and oxygen atoms in total. The zero-order valence-electron chi connectivity index (χ0n) is 10.2. The van der Waals surface area contributed by atoms with Gasteiger partial charge in [0.1, 0.15) is 17.8 Å². The van der Waals surface area contributed by atoms with Gasteiger partial charge in [-0.15, -0.1) is 0 Å². The van der Waals surface area contributed by atoms with Crippen LogP contribution in [0.15, 0.2) is 40.7 Å². The van der Waals surface area contributed by atoms with E-state index in [1.807, 2.05) is 0 Å². The lowest BCUT2D eigenvalue weighted by atomic mass is 10.2. The number of allylic oxidation sites excluding steroid dienone is 2. The molecule has 0 spiro atoms. The van der Waals surface area contributed by atoms with Crippen molar-refractivity contribution in [2.45, 2.75) is 6.92 Å². The van der Waals surface area contributed by atoms with Crippen molar-refractivity contribution in [3.8, 4) is 12.1 Å². The Bertz CT molecular complexity index is 614. The molecule has 0 aliphatic heterocycles. The van der Waals surface area contributed by atoms with Crippen LogP contribution in [-0.4, -0.2) is 12.1 Å². The molecule has 0 atom stereocenters. The Balaban J connectivity index is 2.87. The van der Waals surface area contributed by atoms with Crippen LogP contribution in [0.3, 0.4) is 0 Å². The molecule has 0 saturated heterocycles. The second-order valence-electron chi connectivity index (χ2n) is 3.55. The lowest BCUT2D eigenvalue weighted by Crippen LogP contribution is -2.05. The van der Waals surface area contributed by atoms with Crippen LogP contribution in [0.25, 0.3) is 0 Å². The number of nitrogens with one attached hydrogen (secondary N) is 1. The number of rotatable bonds is 3. The molecule has 0 aromatic heterocycles. The smallest absolute Gasteiger partial charge is 0.221 e. The Morgan fingerprint density at radius 3 is 2.42 bits per heavy atom. The van der Waals surface area contributed by atoms with Gasteiger partial charge in [-0.3, -0.25) is 4.79 Å². The third kappa shape index (κ3) is 4.33. The van der Waals surface area contributed by atoms with Gasteiger partial charge in [0.05, 0.1) is 0 Å². The Kier molecular flexibility index (Phi) is 4.83. The highest BCUT2D eigenvalue weighted by Crippen LogP contribution is 2.08. The fraction of sp³-hybridized carbons (Fsp3) is 0.0769. The zero-order valence-corrected chi connectivity index (χ0v) is 10.2. The summed E-state index contributed by atoms with van der Waals surface area (Å²) < 4.78 is 0. The third-order valence-corrected chi connectivity index (χ3v) is 2.06. The first-order valence-corrected chi connectivity index (χ1v) is 5.28. The molecule has 1 rings (SSSR count). The van der Waals surface area contributed by atoms with Gasteiger partial charge in [-0.1, -0.05) is 12.1 Å². The highest BCUT2D eigenvalue weighted by molar-refractivity contribution is 5.89. The topological polar surface area (TPSA) is 115 Å². The molecule has 94 valence electrons. The minimum Gasteiger partial charge on any atom is -0.388 e. The van der Waals surface area contributed by atoms with Crippen LogP contribution < -0.4 is 11.1 Å². The van der Waals surface area contributed by atoms with E-state index in [2.05, 4.69) is 10.3 Å². The summed E-state index contributed by atoms with van der Waals surface area (Å²) in [6.07, 6.45) is 1.42. The number of anilines is 1. The van der Waals surface area contributed by atoms with Crippen LogP contribution in [0.1, 0.15) is 12.5 Å². The number of nitriles is 2. The van der Waals surface area contributed by atoms with Crippen LogP contribution in [0, 0.1) is 22.7 Å². The number of carbonyl (C=O) groups is 1. The summed E-state index contributed by atoms with van der Waals surface area (Å²) in [4.78, 5) is 14.7. The first kappa shape index (κ1) is 13.9. The van der Waals surface area contributed by atoms with Crippen molar-refractivity contribution in [2.75, 3.05) is 5.32 Å². The average molecular weight is 253 g/mol. The minimum atomic E-state index is -0.228. The molecular weight excluding hydrogens is 242 g/mol. The van der Waals surface area contributed by atoms with Gasteiger partial charge < -0.3 is 11.1 Å². The summed E-state index contributed by atoms with van der Waals surface area (Å²) in [5.41, 5.74) is 6.33. The Morgan fingerprint density at radius 2 is 1.95 bits per heavy atom. The number of nitrogens with zero attached hydrogens (tertiary/aromatic N) is 3. The van der Waals surface area contributed by atoms with E-state index in [9.17, 15) is 4.79 Å². The van der Waals surface area contributed by atoms with Gasteiger partial charge in [0.15, 0.2) is 5.70 Å². The molecule has 0 aliphatic carbocycles. The molecule has 3 N–H and O–H groups in total. The third-order valence-electron chi connectivity index (χ3n) is 2.06. The van der Waals surface area contributed by atoms with E-state index in [0.29, 0.717) is 11.3 Å². The minimum absolute atomic E-state index is 0.131. The number of hydrogen-bond acceptors (Lipinski definition) is 5. The van der Waals surface area contributed by atoms with Gasteiger partial charge >= 0.3 is 0 Å². The lowest BCUT2D eigenvalue weighted by Gasteiger charge is -2.01. The molecule has 19 heavy (non-hydrogen) atoms. The SMILES string of the molecule is CC(=O)Nc1ccc(C=N/C(C#N)=C(\N)C#N)cc1. The fourth-order valence-corrected chi connectivity index (χ4v) is 1.21. The van der Waals surface area contributed by atoms with E-state index in [1.165, 1.54) is 13.1 Å². The molecule has 1 aromatic carbocycles. The second kappa shape index (κ2) is 6.58. The maximum atomic E-state index is 10.8. The highest BCUT2D eigenvalue weighted by Gasteiger charge is 1.99. The van der Waals surface area contributed by atoms with Gasteiger partial charge in [0, 0.05) is 18.8 Å². The fourth-order valence-electron chi connectivity index (χ4n) is 1.21. The predicted octanol–water partition coefficient (Wildman–Crippen LogP) is 1.28. The number of carbonyl (C=O) groups excluding carboxylic acids is 1.